The van der Waals surface area contributed by atoms with Gasteiger partial charge in [0.15, 0.2) is 0 Å². The van der Waals surface area contributed by atoms with Gasteiger partial charge < -0.3 is 5.32 Å². The van der Waals surface area contributed by atoms with Crippen molar-refractivity contribution in [3.63, 3.8) is 0 Å². The highest BCUT2D eigenvalue weighted by atomic mass is 32.1. The molecule has 0 spiro atoms. The minimum absolute atomic E-state index is 0.491. The molecule has 1 N–H and O–H groups in total. The molecule has 0 saturated heterocycles. The standard InChI is InChI=1S/C18H18N2S/c1-14(15-5-3-2-4-6-15)13-20-17-9-7-16(8-10-17)18-19-11-12-21-18/h2-12,14,20H,13H2,1H3. The molecule has 1 unspecified atom stereocenters. The van der Waals surface area contributed by atoms with Gasteiger partial charge in [0.1, 0.15) is 5.01 Å². The number of hydrogen-bond donors (Lipinski definition) is 1. The Hall–Kier alpha value is -2.13. The smallest absolute Gasteiger partial charge is 0.123 e. The van der Waals surface area contributed by atoms with E-state index in [-0.39, 0.29) is 0 Å². The van der Waals surface area contributed by atoms with E-state index >= 15 is 0 Å². The highest BCUT2D eigenvalue weighted by molar-refractivity contribution is 7.13. The van der Waals surface area contributed by atoms with E-state index in [2.05, 4.69) is 71.8 Å². The third-order valence-corrected chi connectivity index (χ3v) is 4.37. The van der Waals surface area contributed by atoms with Crippen LogP contribution in [-0.2, 0) is 0 Å². The third-order valence-electron chi connectivity index (χ3n) is 3.55. The number of aromatic nitrogens is 1. The minimum atomic E-state index is 0.491. The van der Waals surface area contributed by atoms with E-state index in [1.807, 2.05) is 11.6 Å². The van der Waals surface area contributed by atoms with Crippen LogP contribution in [0.3, 0.4) is 0 Å². The van der Waals surface area contributed by atoms with Gasteiger partial charge in [-0.2, -0.15) is 0 Å². The molecule has 0 radical (unpaired) electrons. The van der Waals surface area contributed by atoms with Crippen LogP contribution in [0.4, 0.5) is 5.69 Å². The van der Waals surface area contributed by atoms with E-state index in [1.54, 1.807) is 11.3 Å². The average Bonchev–Trinajstić information content (AvgIpc) is 3.08. The van der Waals surface area contributed by atoms with Crippen molar-refractivity contribution in [3.05, 3.63) is 71.7 Å². The predicted octanol–water partition coefficient (Wildman–Crippen LogP) is 5.03. The van der Waals surface area contributed by atoms with E-state index < -0.39 is 0 Å². The molecule has 3 rings (SSSR count). The first-order valence-corrected chi connectivity index (χ1v) is 7.99. The molecular weight excluding hydrogens is 276 g/mol. The van der Waals surface area contributed by atoms with Crippen molar-refractivity contribution in [2.45, 2.75) is 12.8 Å². The van der Waals surface area contributed by atoms with Crippen LogP contribution in [0.25, 0.3) is 10.6 Å². The van der Waals surface area contributed by atoms with Crippen molar-refractivity contribution in [3.8, 4) is 10.6 Å². The molecule has 0 aliphatic rings. The molecule has 21 heavy (non-hydrogen) atoms. The molecular formula is C18H18N2S. The maximum atomic E-state index is 4.33. The molecule has 0 saturated carbocycles. The molecule has 1 aromatic heterocycles. The minimum Gasteiger partial charge on any atom is -0.384 e. The van der Waals surface area contributed by atoms with Crippen LogP contribution in [0, 0.1) is 0 Å². The Morgan fingerprint density at radius 2 is 1.81 bits per heavy atom. The van der Waals surface area contributed by atoms with E-state index in [4.69, 9.17) is 0 Å². The maximum absolute atomic E-state index is 4.33. The summed E-state index contributed by atoms with van der Waals surface area (Å²) in [5.41, 5.74) is 3.69. The summed E-state index contributed by atoms with van der Waals surface area (Å²) in [6.45, 7) is 3.17. The fourth-order valence-electron chi connectivity index (χ4n) is 2.27. The number of hydrogen-bond acceptors (Lipinski definition) is 3. The Labute approximate surface area is 129 Å². The lowest BCUT2D eigenvalue weighted by Gasteiger charge is -2.14. The fraction of sp³-hybridized carbons (Fsp3) is 0.167. The van der Waals surface area contributed by atoms with Gasteiger partial charge in [-0.05, 0) is 35.7 Å². The van der Waals surface area contributed by atoms with Crippen LogP contribution >= 0.6 is 11.3 Å². The average molecular weight is 294 g/mol. The monoisotopic (exact) mass is 294 g/mol. The normalized spacial score (nSPS) is 12.0. The Kier molecular flexibility index (Phi) is 4.31. The Balaban J connectivity index is 1.61. The molecule has 3 aromatic rings. The van der Waals surface area contributed by atoms with Gasteiger partial charge in [0, 0.05) is 29.4 Å². The third kappa shape index (κ3) is 3.50. The van der Waals surface area contributed by atoms with Gasteiger partial charge >= 0.3 is 0 Å². The first kappa shape index (κ1) is 13.8. The molecule has 0 aliphatic carbocycles. The summed E-state index contributed by atoms with van der Waals surface area (Å²) in [6, 6.07) is 19.1. The van der Waals surface area contributed by atoms with Gasteiger partial charge in [0.2, 0.25) is 0 Å². The van der Waals surface area contributed by atoms with Gasteiger partial charge in [0.25, 0.3) is 0 Å². The van der Waals surface area contributed by atoms with Crippen molar-refractivity contribution >= 4 is 17.0 Å². The van der Waals surface area contributed by atoms with Crippen molar-refractivity contribution < 1.29 is 0 Å². The Bertz CT molecular complexity index is 660. The number of nitrogens with one attached hydrogen (secondary N) is 1. The highest BCUT2D eigenvalue weighted by Gasteiger charge is 2.05. The van der Waals surface area contributed by atoms with Gasteiger partial charge in [-0.15, -0.1) is 11.3 Å². The first-order valence-electron chi connectivity index (χ1n) is 7.11. The number of thiazole rings is 1. The van der Waals surface area contributed by atoms with Crippen molar-refractivity contribution in [1.82, 2.24) is 4.98 Å². The predicted molar refractivity (Wildman–Crippen MR) is 90.9 cm³/mol. The molecule has 0 fully saturated rings. The summed E-state index contributed by atoms with van der Waals surface area (Å²) >= 11 is 1.67. The molecule has 1 heterocycles. The summed E-state index contributed by atoms with van der Waals surface area (Å²) < 4.78 is 0. The summed E-state index contributed by atoms with van der Waals surface area (Å²) in [5, 5.41) is 6.57. The zero-order chi connectivity index (χ0) is 14.5. The van der Waals surface area contributed by atoms with Gasteiger partial charge in [-0.25, -0.2) is 4.98 Å². The van der Waals surface area contributed by atoms with Crippen molar-refractivity contribution in [1.29, 1.82) is 0 Å². The molecule has 3 heteroatoms. The molecule has 2 nitrogen and oxygen atoms in total. The first-order chi connectivity index (χ1) is 10.3. The zero-order valence-electron chi connectivity index (χ0n) is 12.0. The zero-order valence-corrected chi connectivity index (χ0v) is 12.8. The van der Waals surface area contributed by atoms with E-state index in [0.717, 1.165) is 17.2 Å². The van der Waals surface area contributed by atoms with Gasteiger partial charge in [-0.1, -0.05) is 37.3 Å². The maximum Gasteiger partial charge on any atom is 0.123 e. The lowest BCUT2D eigenvalue weighted by molar-refractivity contribution is 0.805. The lowest BCUT2D eigenvalue weighted by atomic mass is 10.0. The Morgan fingerprint density at radius 3 is 2.48 bits per heavy atom. The van der Waals surface area contributed by atoms with E-state index in [1.165, 1.54) is 11.1 Å². The number of anilines is 1. The summed E-state index contributed by atoms with van der Waals surface area (Å²) in [4.78, 5) is 4.33. The molecule has 2 aromatic carbocycles. The Morgan fingerprint density at radius 1 is 1.05 bits per heavy atom. The van der Waals surface area contributed by atoms with Crippen LogP contribution in [0.5, 0.6) is 0 Å². The largest absolute Gasteiger partial charge is 0.384 e. The number of rotatable bonds is 5. The lowest BCUT2D eigenvalue weighted by Crippen LogP contribution is -2.09. The summed E-state index contributed by atoms with van der Waals surface area (Å²) in [7, 11) is 0. The van der Waals surface area contributed by atoms with Crippen LogP contribution in [-0.4, -0.2) is 11.5 Å². The second-order valence-corrected chi connectivity index (χ2v) is 6.00. The summed E-state index contributed by atoms with van der Waals surface area (Å²) in [6.07, 6.45) is 1.84. The molecule has 0 amide bonds. The number of benzene rings is 2. The molecule has 106 valence electrons. The van der Waals surface area contributed by atoms with Crippen molar-refractivity contribution in [2.75, 3.05) is 11.9 Å². The van der Waals surface area contributed by atoms with Crippen LogP contribution in [0.2, 0.25) is 0 Å². The van der Waals surface area contributed by atoms with E-state index in [9.17, 15) is 0 Å². The highest BCUT2D eigenvalue weighted by Crippen LogP contribution is 2.23. The molecule has 0 bridgehead atoms. The topological polar surface area (TPSA) is 24.9 Å². The van der Waals surface area contributed by atoms with E-state index in [0.29, 0.717) is 5.92 Å². The van der Waals surface area contributed by atoms with Crippen molar-refractivity contribution in [2.24, 2.45) is 0 Å². The summed E-state index contributed by atoms with van der Waals surface area (Å²) in [5.74, 6) is 0.491. The van der Waals surface area contributed by atoms with Crippen LogP contribution in [0.15, 0.2) is 66.2 Å². The molecule has 0 aliphatic heterocycles. The van der Waals surface area contributed by atoms with Gasteiger partial charge in [0.05, 0.1) is 0 Å². The fourth-order valence-corrected chi connectivity index (χ4v) is 2.91. The second-order valence-electron chi connectivity index (χ2n) is 5.11. The second kappa shape index (κ2) is 6.55. The van der Waals surface area contributed by atoms with Gasteiger partial charge in [-0.3, -0.25) is 0 Å². The quantitative estimate of drug-likeness (QED) is 0.714. The van der Waals surface area contributed by atoms with Crippen LogP contribution < -0.4 is 5.32 Å². The number of nitrogens with zero attached hydrogens (tertiary/aromatic N) is 1. The molecule has 1 atom stereocenters. The van der Waals surface area contributed by atoms with Crippen LogP contribution in [0.1, 0.15) is 18.4 Å². The SMILES string of the molecule is CC(CNc1ccc(-c2nccs2)cc1)c1ccccc1.